The van der Waals surface area contributed by atoms with Crippen molar-refractivity contribution in [2.75, 3.05) is 42.4 Å². The topological polar surface area (TPSA) is 114 Å². The number of carbonyl (C=O) groups excluding carboxylic acids is 2. The van der Waals surface area contributed by atoms with E-state index in [0.29, 0.717) is 34.6 Å². The molecule has 1 aliphatic carbocycles. The number of nitrogens with zero attached hydrogens (tertiary/aromatic N) is 4. The summed E-state index contributed by atoms with van der Waals surface area (Å²) < 4.78 is 19.8. The summed E-state index contributed by atoms with van der Waals surface area (Å²) in [5, 5.41) is 3.00. The van der Waals surface area contributed by atoms with E-state index < -0.39 is 11.7 Å². The number of halogens is 1. The lowest BCUT2D eigenvalue weighted by atomic mass is 10.0. The highest BCUT2D eigenvalue weighted by molar-refractivity contribution is 5.94. The number of nitrogens with one attached hydrogen (secondary N) is 1. The van der Waals surface area contributed by atoms with Gasteiger partial charge in [0.1, 0.15) is 5.82 Å². The Hall–Kier alpha value is -3.27. The van der Waals surface area contributed by atoms with Crippen LogP contribution in [0.1, 0.15) is 28.8 Å². The number of aryl methyl sites for hydroxylation is 1. The van der Waals surface area contributed by atoms with E-state index in [0.717, 1.165) is 32.5 Å². The lowest BCUT2D eigenvalue weighted by Gasteiger charge is -2.28. The number of aromatic nitrogens is 2. The number of hydrogen-bond donors (Lipinski definition) is 2. The van der Waals surface area contributed by atoms with Crippen LogP contribution >= 0.6 is 0 Å². The zero-order valence-electron chi connectivity index (χ0n) is 18.3. The summed E-state index contributed by atoms with van der Waals surface area (Å²) in [5.41, 5.74) is 6.75. The average Bonchev–Trinajstić information content (AvgIpc) is 3.33. The van der Waals surface area contributed by atoms with E-state index >= 15 is 0 Å². The normalized spacial score (nSPS) is 21.8. The molecule has 1 aliphatic heterocycles. The molecule has 2 atom stereocenters. The van der Waals surface area contributed by atoms with E-state index in [1.807, 2.05) is 19.0 Å². The Bertz CT molecular complexity index is 1030. The Balaban J connectivity index is 1.66. The van der Waals surface area contributed by atoms with Gasteiger partial charge < -0.3 is 20.7 Å². The van der Waals surface area contributed by atoms with Crippen LogP contribution in [-0.2, 0) is 9.53 Å². The fourth-order valence-corrected chi connectivity index (χ4v) is 4.55. The van der Waals surface area contributed by atoms with Gasteiger partial charge >= 0.3 is 0 Å². The molecular weight excluding hydrogens is 415 g/mol. The van der Waals surface area contributed by atoms with Gasteiger partial charge in [-0.1, -0.05) is 0 Å². The fourth-order valence-electron chi connectivity index (χ4n) is 4.55. The van der Waals surface area contributed by atoms with Crippen LogP contribution in [0.3, 0.4) is 0 Å². The van der Waals surface area contributed by atoms with Gasteiger partial charge in [-0.2, -0.15) is 4.98 Å². The van der Waals surface area contributed by atoms with Crippen LogP contribution in [0.4, 0.5) is 27.5 Å². The summed E-state index contributed by atoms with van der Waals surface area (Å²) in [4.78, 5) is 36.0. The van der Waals surface area contributed by atoms with Crippen LogP contribution in [0.2, 0.25) is 0 Å². The minimum Gasteiger partial charge on any atom is -0.381 e. The van der Waals surface area contributed by atoms with Gasteiger partial charge in [-0.05, 0) is 49.3 Å². The van der Waals surface area contributed by atoms with Crippen LogP contribution in [0.25, 0.3) is 0 Å². The molecule has 1 aromatic carbocycles. The Morgan fingerprint density at radius 1 is 1.28 bits per heavy atom. The summed E-state index contributed by atoms with van der Waals surface area (Å²) in [6.07, 6.45) is 4.17. The molecule has 1 saturated heterocycles. The lowest BCUT2D eigenvalue weighted by Crippen LogP contribution is -2.35. The van der Waals surface area contributed by atoms with Gasteiger partial charge in [0.05, 0.1) is 17.4 Å². The number of ether oxygens (including phenoxy) is 1. The van der Waals surface area contributed by atoms with Crippen LogP contribution in [0, 0.1) is 24.6 Å². The summed E-state index contributed by atoms with van der Waals surface area (Å²) in [6, 6.07) is 2.60. The number of anilines is 4. The van der Waals surface area contributed by atoms with Gasteiger partial charge in [-0.15, -0.1) is 0 Å². The van der Waals surface area contributed by atoms with Gasteiger partial charge in [0.2, 0.25) is 12.4 Å². The van der Waals surface area contributed by atoms with Gasteiger partial charge in [-0.25, -0.2) is 9.37 Å². The molecule has 2 heterocycles. The molecule has 4 rings (SSSR count). The molecule has 10 heteroatoms. The molecule has 2 aromatic rings. The van der Waals surface area contributed by atoms with E-state index in [1.165, 1.54) is 12.1 Å². The molecule has 2 fully saturated rings. The SMILES string of the molecule is Cc1cc(C(N)=O)c(F)cc1Nc1ncc(N(C)C)c(N(C=O)C2CC3COCC3C2)n1. The van der Waals surface area contributed by atoms with Crippen molar-refractivity contribution in [2.45, 2.75) is 25.8 Å². The second kappa shape index (κ2) is 8.70. The third-order valence-corrected chi connectivity index (χ3v) is 6.29. The number of carbonyl (C=O) groups is 2. The van der Waals surface area contributed by atoms with E-state index in [1.54, 1.807) is 18.0 Å². The average molecular weight is 442 g/mol. The maximum atomic E-state index is 14.3. The highest BCUT2D eigenvalue weighted by Gasteiger charge is 2.41. The van der Waals surface area contributed by atoms with Crippen LogP contribution in [-0.4, -0.2) is 55.6 Å². The maximum absolute atomic E-state index is 14.3. The molecule has 9 nitrogen and oxygen atoms in total. The van der Waals surface area contributed by atoms with Crippen LogP contribution in [0.15, 0.2) is 18.3 Å². The molecule has 2 aliphatic rings. The number of amides is 2. The molecule has 170 valence electrons. The van der Waals surface area contributed by atoms with Crippen molar-refractivity contribution >= 4 is 35.5 Å². The predicted molar refractivity (Wildman–Crippen MR) is 119 cm³/mol. The summed E-state index contributed by atoms with van der Waals surface area (Å²) in [7, 11) is 3.72. The third kappa shape index (κ3) is 4.10. The number of benzene rings is 1. The van der Waals surface area contributed by atoms with Gasteiger partial charge in [-0.3, -0.25) is 14.5 Å². The first-order valence-electron chi connectivity index (χ1n) is 10.5. The number of primary amides is 1. The minimum absolute atomic E-state index is 0.0295. The van der Waals surface area contributed by atoms with Crippen molar-refractivity contribution in [3.8, 4) is 0 Å². The summed E-state index contributed by atoms with van der Waals surface area (Å²) in [5.74, 6) is 0.0519. The minimum atomic E-state index is -0.834. The summed E-state index contributed by atoms with van der Waals surface area (Å²) >= 11 is 0. The van der Waals surface area contributed by atoms with Crippen molar-refractivity contribution in [2.24, 2.45) is 17.6 Å². The van der Waals surface area contributed by atoms with Crippen molar-refractivity contribution in [3.63, 3.8) is 0 Å². The lowest BCUT2D eigenvalue weighted by molar-refractivity contribution is -0.107. The zero-order chi connectivity index (χ0) is 23.0. The number of hydrogen-bond acceptors (Lipinski definition) is 7. The second-order valence-electron chi connectivity index (χ2n) is 8.63. The smallest absolute Gasteiger partial charge is 0.251 e. The van der Waals surface area contributed by atoms with E-state index in [2.05, 4.69) is 15.3 Å². The maximum Gasteiger partial charge on any atom is 0.251 e. The highest BCUT2D eigenvalue weighted by Crippen LogP contribution is 2.41. The first-order chi connectivity index (χ1) is 15.3. The molecular formula is C22H27FN6O3. The number of fused-ring (bicyclic) bond motifs is 1. The molecule has 0 spiro atoms. The van der Waals surface area contributed by atoms with E-state index in [-0.39, 0.29) is 17.6 Å². The largest absolute Gasteiger partial charge is 0.381 e. The molecule has 1 aromatic heterocycles. The van der Waals surface area contributed by atoms with Crippen LogP contribution < -0.4 is 20.9 Å². The Morgan fingerprint density at radius 3 is 2.56 bits per heavy atom. The Labute approximate surface area is 185 Å². The van der Waals surface area contributed by atoms with Crippen molar-refractivity contribution in [1.82, 2.24) is 9.97 Å². The van der Waals surface area contributed by atoms with Crippen LogP contribution in [0.5, 0.6) is 0 Å². The Morgan fingerprint density at radius 2 is 1.97 bits per heavy atom. The molecule has 1 saturated carbocycles. The number of rotatable bonds is 7. The van der Waals surface area contributed by atoms with E-state index in [4.69, 9.17) is 10.5 Å². The van der Waals surface area contributed by atoms with Crippen molar-refractivity contribution in [1.29, 1.82) is 0 Å². The predicted octanol–water partition coefficient (Wildman–Crippen LogP) is 2.22. The van der Waals surface area contributed by atoms with Gasteiger partial charge in [0.25, 0.3) is 5.91 Å². The second-order valence-corrected chi connectivity index (χ2v) is 8.63. The van der Waals surface area contributed by atoms with Crippen molar-refractivity contribution in [3.05, 3.63) is 35.3 Å². The highest BCUT2D eigenvalue weighted by atomic mass is 19.1. The molecule has 3 N–H and O–H groups in total. The number of nitrogens with two attached hydrogens (primary N) is 1. The molecule has 2 unspecified atom stereocenters. The summed E-state index contributed by atoms with van der Waals surface area (Å²) in [6.45, 7) is 3.19. The zero-order valence-corrected chi connectivity index (χ0v) is 18.3. The van der Waals surface area contributed by atoms with Crippen molar-refractivity contribution < 1.29 is 18.7 Å². The monoisotopic (exact) mass is 442 g/mol. The first-order valence-corrected chi connectivity index (χ1v) is 10.5. The third-order valence-electron chi connectivity index (χ3n) is 6.29. The quantitative estimate of drug-likeness (QED) is 0.632. The van der Waals surface area contributed by atoms with Gasteiger partial charge in [0, 0.05) is 39.0 Å². The van der Waals surface area contributed by atoms with Gasteiger partial charge in [0.15, 0.2) is 5.82 Å². The first kappa shape index (κ1) is 21.9. The molecule has 2 amide bonds. The molecule has 0 radical (unpaired) electrons. The fraction of sp³-hybridized carbons (Fsp3) is 0.455. The standard InChI is InChI=1S/C22H27FN6O3/c1-12-4-16(20(24)31)17(23)7-18(12)26-22-25-8-19(28(2)3)21(27-22)29(11-30)15-5-13-9-32-10-14(13)6-15/h4,7-8,11,13-15H,5-6,9-10H2,1-3H3,(H2,24,31)(H,25,26,27). The molecule has 32 heavy (non-hydrogen) atoms. The molecule has 0 bridgehead atoms. The van der Waals surface area contributed by atoms with E-state index in [9.17, 15) is 14.0 Å². The Kier molecular flexibility index (Phi) is 5.96.